The van der Waals surface area contributed by atoms with Crippen LogP contribution in [-0.2, 0) is 14.3 Å². The van der Waals surface area contributed by atoms with E-state index in [1.165, 1.54) is 31.3 Å². The predicted molar refractivity (Wildman–Crippen MR) is 105 cm³/mol. The van der Waals surface area contributed by atoms with Gasteiger partial charge >= 0.3 is 0 Å². The Labute approximate surface area is 163 Å². The van der Waals surface area contributed by atoms with Gasteiger partial charge in [-0.15, -0.1) is 0 Å². The molecular formula is C24H34O3. The summed E-state index contributed by atoms with van der Waals surface area (Å²) in [6.45, 7) is 8.85. The smallest absolute Gasteiger partial charge is 0.160 e. The van der Waals surface area contributed by atoms with Gasteiger partial charge in [0, 0.05) is 12.3 Å². The molecule has 3 nitrogen and oxygen atoms in total. The summed E-state index contributed by atoms with van der Waals surface area (Å²) in [7, 11) is 0. The van der Waals surface area contributed by atoms with Gasteiger partial charge in [0.1, 0.15) is 0 Å². The standard InChI is InChI=1S/C24H34O3/c1-15(22-26-12-13-27-22)19-6-7-20-18-5-4-16-14-17(25)8-10-23(16,2)21(18)9-11-24(19,20)3/h4-5,14-15,18-22H,6-13H2,1-3H3/t15-,18?,19+,20?,21?,23-,24+/m0/s1. The van der Waals surface area contributed by atoms with Crippen LogP contribution in [0, 0.1) is 40.4 Å². The van der Waals surface area contributed by atoms with Crippen LogP contribution in [0.1, 0.15) is 59.3 Å². The number of allylic oxidation sites excluding steroid dienone is 4. The minimum absolute atomic E-state index is 0.00149. The van der Waals surface area contributed by atoms with Gasteiger partial charge < -0.3 is 9.47 Å². The Morgan fingerprint density at radius 3 is 2.63 bits per heavy atom. The Bertz CT molecular complexity index is 688. The second-order valence-corrected chi connectivity index (χ2v) is 10.3. The largest absolute Gasteiger partial charge is 0.350 e. The van der Waals surface area contributed by atoms with Crippen molar-refractivity contribution >= 4 is 5.78 Å². The first-order chi connectivity index (χ1) is 12.9. The maximum Gasteiger partial charge on any atom is 0.160 e. The van der Waals surface area contributed by atoms with E-state index in [-0.39, 0.29) is 11.7 Å². The lowest BCUT2D eigenvalue weighted by atomic mass is 9.48. The highest BCUT2D eigenvalue weighted by molar-refractivity contribution is 5.92. The van der Waals surface area contributed by atoms with E-state index in [0.717, 1.165) is 32.0 Å². The Morgan fingerprint density at radius 1 is 1.07 bits per heavy atom. The summed E-state index contributed by atoms with van der Waals surface area (Å²) in [5, 5.41) is 0. The molecule has 0 bridgehead atoms. The van der Waals surface area contributed by atoms with Crippen molar-refractivity contribution in [3.8, 4) is 0 Å². The molecule has 1 heterocycles. The van der Waals surface area contributed by atoms with E-state index in [1.54, 1.807) is 0 Å². The summed E-state index contributed by atoms with van der Waals surface area (Å²) in [5.41, 5.74) is 1.90. The average Bonchev–Trinajstić information content (AvgIpc) is 3.29. The second kappa shape index (κ2) is 6.29. The van der Waals surface area contributed by atoms with Gasteiger partial charge in [-0.1, -0.05) is 32.9 Å². The summed E-state index contributed by atoms with van der Waals surface area (Å²) < 4.78 is 11.8. The molecule has 0 aromatic carbocycles. The van der Waals surface area contributed by atoms with Crippen molar-refractivity contribution in [1.29, 1.82) is 0 Å². The fourth-order valence-corrected chi connectivity index (χ4v) is 7.77. The third-order valence-corrected chi connectivity index (χ3v) is 9.30. The van der Waals surface area contributed by atoms with Crippen LogP contribution in [0.25, 0.3) is 0 Å². The van der Waals surface area contributed by atoms with Gasteiger partial charge in [0.15, 0.2) is 12.1 Å². The van der Waals surface area contributed by atoms with Crippen molar-refractivity contribution in [1.82, 2.24) is 0 Å². The van der Waals surface area contributed by atoms with Gasteiger partial charge in [-0.05, 0) is 78.3 Å². The van der Waals surface area contributed by atoms with Crippen LogP contribution < -0.4 is 0 Å². The zero-order valence-electron chi connectivity index (χ0n) is 17.1. The topological polar surface area (TPSA) is 35.5 Å². The number of fused-ring (bicyclic) bond motifs is 5. The summed E-state index contributed by atoms with van der Waals surface area (Å²) >= 11 is 0. The minimum Gasteiger partial charge on any atom is -0.350 e. The summed E-state index contributed by atoms with van der Waals surface area (Å²) in [6.07, 6.45) is 13.7. The lowest BCUT2D eigenvalue weighted by Gasteiger charge is -2.56. The van der Waals surface area contributed by atoms with Crippen LogP contribution in [0.15, 0.2) is 23.8 Å². The van der Waals surface area contributed by atoms with Crippen molar-refractivity contribution in [3.05, 3.63) is 23.8 Å². The molecule has 1 aliphatic heterocycles. The number of ether oxygens (including phenoxy) is 2. The first kappa shape index (κ1) is 18.1. The van der Waals surface area contributed by atoms with E-state index in [2.05, 4.69) is 32.9 Å². The molecule has 0 amide bonds. The molecule has 0 radical (unpaired) electrons. The molecular weight excluding hydrogens is 336 g/mol. The molecule has 2 saturated carbocycles. The van der Waals surface area contributed by atoms with Crippen molar-refractivity contribution in [2.45, 2.75) is 65.6 Å². The number of rotatable bonds is 2. The highest BCUT2D eigenvalue weighted by atomic mass is 16.7. The van der Waals surface area contributed by atoms with Gasteiger partial charge in [-0.3, -0.25) is 4.79 Å². The van der Waals surface area contributed by atoms with E-state index in [9.17, 15) is 4.79 Å². The van der Waals surface area contributed by atoms with Crippen molar-refractivity contribution in [2.24, 2.45) is 40.4 Å². The normalized spacial score (nSPS) is 48.0. The highest BCUT2D eigenvalue weighted by Crippen LogP contribution is 2.66. The van der Waals surface area contributed by atoms with Crippen LogP contribution in [0.2, 0.25) is 0 Å². The molecule has 5 rings (SSSR count). The molecule has 0 aromatic rings. The van der Waals surface area contributed by atoms with E-state index >= 15 is 0 Å². The Kier molecular flexibility index (Phi) is 4.22. The van der Waals surface area contributed by atoms with Gasteiger partial charge in [0.05, 0.1) is 13.2 Å². The van der Waals surface area contributed by atoms with Crippen LogP contribution in [0.5, 0.6) is 0 Å². The summed E-state index contributed by atoms with van der Waals surface area (Å²) in [5.74, 6) is 3.62. The average molecular weight is 371 g/mol. The van der Waals surface area contributed by atoms with Gasteiger partial charge in [-0.25, -0.2) is 0 Å². The first-order valence-electron chi connectivity index (χ1n) is 11.1. The lowest BCUT2D eigenvalue weighted by molar-refractivity contribution is -0.120. The molecule has 27 heavy (non-hydrogen) atoms. The Hall–Kier alpha value is -0.930. The van der Waals surface area contributed by atoms with Crippen LogP contribution in [0.4, 0.5) is 0 Å². The number of ketones is 1. The molecule has 3 heteroatoms. The number of carbonyl (C=O) groups is 1. The molecule has 0 aromatic heterocycles. The van der Waals surface area contributed by atoms with Gasteiger partial charge in [0.2, 0.25) is 0 Å². The van der Waals surface area contributed by atoms with Crippen molar-refractivity contribution in [2.75, 3.05) is 13.2 Å². The quantitative estimate of drug-likeness (QED) is 0.692. The van der Waals surface area contributed by atoms with E-state index in [1.807, 2.05) is 6.08 Å². The molecule has 0 spiro atoms. The Morgan fingerprint density at radius 2 is 1.85 bits per heavy atom. The minimum atomic E-state index is 0.00149. The van der Waals surface area contributed by atoms with E-state index < -0.39 is 0 Å². The monoisotopic (exact) mass is 370 g/mol. The van der Waals surface area contributed by atoms with Crippen molar-refractivity contribution < 1.29 is 14.3 Å². The molecule has 0 N–H and O–H groups in total. The fraction of sp³-hybridized carbons (Fsp3) is 0.792. The lowest BCUT2D eigenvalue weighted by Crippen LogP contribution is -2.50. The van der Waals surface area contributed by atoms with Crippen LogP contribution in [0.3, 0.4) is 0 Å². The molecule has 1 saturated heterocycles. The number of hydrogen-bond donors (Lipinski definition) is 0. The molecule has 5 aliphatic rings. The van der Waals surface area contributed by atoms with E-state index in [4.69, 9.17) is 9.47 Å². The number of carbonyl (C=O) groups excluding carboxylic acids is 1. The fourth-order valence-electron chi connectivity index (χ4n) is 7.77. The molecule has 3 unspecified atom stereocenters. The second-order valence-electron chi connectivity index (χ2n) is 10.3. The SMILES string of the molecule is C[C@H](C1OCCO1)[C@H]1CCC2C3C=CC4=CC(=O)CC[C@]4(C)C3CC[C@@]21C. The van der Waals surface area contributed by atoms with Gasteiger partial charge in [-0.2, -0.15) is 0 Å². The molecule has 4 aliphatic carbocycles. The van der Waals surface area contributed by atoms with Gasteiger partial charge in [0.25, 0.3) is 0 Å². The van der Waals surface area contributed by atoms with E-state index in [0.29, 0.717) is 34.9 Å². The third-order valence-electron chi connectivity index (χ3n) is 9.30. The summed E-state index contributed by atoms with van der Waals surface area (Å²) in [4.78, 5) is 12.0. The number of hydrogen-bond acceptors (Lipinski definition) is 3. The molecule has 148 valence electrons. The van der Waals surface area contributed by atoms with Crippen LogP contribution in [-0.4, -0.2) is 25.3 Å². The first-order valence-corrected chi connectivity index (χ1v) is 11.1. The summed E-state index contributed by atoms with van der Waals surface area (Å²) in [6, 6.07) is 0. The maximum atomic E-state index is 12.0. The zero-order chi connectivity index (χ0) is 18.8. The molecule has 3 fully saturated rings. The highest BCUT2D eigenvalue weighted by Gasteiger charge is 2.59. The molecule has 7 atom stereocenters. The van der Waals surface area contributed by atoms with Crippen LogP contribution >= 0.6 is 0 Å². The zero-order valence-corrected chi connectivity index (χ0v) is 17.1. The van der Waals surface area contributed by atoms with Crippen molar-refractivity contribution in [3.63, 3.8) is 0 Å². The third kappa shape index (κ3) is 2.57. The predicted octanol–water partition coefficient (Wildman–Crippen LogP) is 4.92. The Balaban J connectivity index is 1.44. The maximum absolute atomic E-state index is 12.0.